The van der Waals surface area contributed by atoms with Crippen LogP contribution in [0, 0.1) is 3.95 Å². The van der Waals surface area contributed by atoms with E-state index in [1.165, 1.54) is 11.3 Å². The molecule has 0 saturated heterocycles. The summed E-state index contributed by atoms with van der Waals surface area (Å²) in [6.07, 6.45) is 0. The maximum atomic E-state index is 12.7. The largest absolute Gasteiger partial charge is 0.492 e. The van der Waals surface area contributed by atoms with Crippen LogP contribution in [0.4, 0.5) is 11.5 Å². The number of hydrogen-bond donors (Lipinski definition) is 2. The minimum absolute atomic E-state index is 0.271. The van der Waals surface area contributed by atoms with E-state index in [0.717, 1.165) is 19.6 Å². The molecule has 6 nitrogen and oxygen atoms in total. The number of anilines is 2. The summed E-state index contributed by atoms with van der Waals surface area (Å²) in [5, 5.41) is 2.88. The summed E-state index contributed by atoms with van der Waals surface area (Å²) in [5.74, 6) is 0.775. The van der Waals surface area contributed by atoms with Crippen LogP contribution in [0.5, 0.6) is 5.75 Å². The molecular formula is C18H26N4O2S2. The highest BCUT2D eigenvalue weighted by atomic mass is 32.1. The van der Waals surface area contributed by atoms with Crippen LogP contribution >= 0.6 is 23.6 Å². The third-order valence-electron chi connectivity index (χ3n) is 4.11. The molecule has 0 radical (unpaired) electrons. The SMILES string of the molecule is CCOc1ccccc1NC(=O)c1sc(=S)n(CCN(CC)CC)c1N. The standard InChI is InChI=1S/C18H26N4O2S2/c1-4-21(5-2)11-12-22-16(19)15(26-18(22)25)17(23)20-13-9-7-8-10-14(13)24-6-3/h7-10H,4-6,11-12,19H2,1-3H3,(H,20,23). The van der Waals surface area contributed by atoms with E-state index < -0.39 is 0 Å². The molecule has 2 rings (SSSR count). The van der Waals surface area contributed by atoms with Crippen LogP contribution in [-0.4, -0.2) is 41.6 Å². The number of nitrogens with zero attached hydrogens (tertiary/aromatic N) is 2. The van der Waals surface area contributed by atoms with Gasteiger partial charge in [-0.05, 0) is 44.4 Å². The highest BCUT2D eigenvalue weighted by Gasteiger charge is 2.18. The van der Waals surface area contributed by atoms with Crippen LogP contribution in [0.2, 0.25) is 0 Å². The topological polar surface area (TPSA) is 72.5 Å². The van der Waals surface area contributed by atoms with Crippen molar-refractivity contribution in [3.8, 4) is 5.75 Å². The van der Waals surface area contributed by atoms with Crippen LogP contribution in [-0.2, 0) is 6.54 Å². The lowest BCUT2D eigenvalue weighted by Crippen LogP contribution is -2.27. The van der Waals surface area contributed by atoms with Crippen LogP contribution in [0.15, 0.2) is 24.3 Å². The zero-order valence-electron chi connectivity index (χ0n) is 15.4. The molecule has 1 aromatic heterocycles. The number of likely N-dealkylation sites (N-methyl/N-ethyl adjacent to an activating group) is 1. The van der Waals surface area contributed by atoms with Crippen molar-refractivity contribution in [3.63, 3.8) is 0 Å². The number of ether oxygens (including phenoxy) is 1. The van der Waals surface area contributed by atoms with Crippen LogP contribution < -0.4 is 15.8 Å². The van der Waals surface area contributed by atoms with Gasteiger partial charge in [-0.25, -0.2) is 0 Å². The van der Waals surface area contributed by atoms with Crippen molar-refractivity contribution in [1.29, 1.82) is 0 Å². The molecular weight excluding hydrogens is 368 g/mol. The van der Waals surface area contributed by atoms with E-state index in [9.17, 15) is 4.79 Å². The highest BCUT2D eigenvalue weighted by Crippen LogP contribution is 2.27. The Bertz CT molecular complexity index is 797. The van der Waals surface area contributed by atoms with Gasteiger partial charge in [0.05, 0.1) is 12.3 Å². The summed E-state index contributed by atoms with van der Waals surface area (Å²) in [6, 6.07) is 7.33. The number of nitrogens with two attached hydrogens (primary N) is 1. The van der Waals surface area contributed by atoms with E-state index >= 15 is 0 Å². The van der Waals surface area contributed by atoms with Crippen LogP contribution in [0.3, 0.4) is 0 Å². The van der Waals surface area contributed by atoms with Crippen molar-refractivity contribution in [2.75, 3.05) is 37.3 Å². The average molecular weight is 395 g/mol. The average Bonchev–Trinajstić information content (AvgIpc) is 2.92. The molecule has 142 valence electrons. The molecule has 26 heavy (non-hydrogen) atoms. The van der Waals surface area contributed by atoms with E-state index in [2.05, 4.69) is 24.1 Å². The highest BCUT2D eigenvalue weighted by molar-refractivity contribution is 7.73. The summed E-state index contributed by atoms with van der Waals surface area (Å²) in [7, 11) is 0. The number of aromatic nitrogens is 1. The molecule has 1 amide bonds. The maximum Gasteiger partial charge on any atom is 0.269 e. The zero-order chi connectivity index (χ0) is 19.1. The van der Waals surface area contributed by atoms with Gasteiger partial charge in [-0.1, -0.05) is 37.3 Å². The Morgan fingerprint density at radius 3 is 2.65 bits per heavy atom. The number of amides is 1. The Morgan fingerprint density at radius 2 is 2.00 bits per heavy atom. The normalized spacial score (nSPS) is 10.9. The van der Waals surface area contributed by atoms with Crippen molar-refractivity contribution in [1.82, 2.24) is 9.47 Å². The van der Waals surface area contributed by atoms with Gasteiger partial charge in [0.15, 0.2) is 3.95 Å². The Balaban J connectivity index is 2.18. The molecule has 2 aromatic rings. The van der Waals surface area contributed by atoms with Gasteiger partial charge in [-0.3, -0.25) is 4.79 Å². The number of carbonyl (C=O) groups is 1. The second kappa shape index (κ2) is 9.70. The Kier molecular flexibility index (Phi) is 7.62. The maximum absolute atomic E-state index is 12.7. The Labute approximate surface area is 163 Å². The number of nitrogen functional groups attached to an aromatic ring is 1. The van der Waals surface area contributed by atoms with Gasteiger partial charge in [-0.15, -0.1) is 0 Å². The fraction of sp³-hybridized carbons (Fsp3) is 0.444. The van der Waals surface area contributed by atoms with E-state index in [4.69, 9.17) is 22.7 Å². The third-order valence-corrected chi connectivity index (χ3v) is 5.57. The molecule has 0 unspecified atom stereocenters. The number of carbonyl (C=O) groups excluding carboxylic acids is 1. The number of benzene rings is 1. The van der Waals surface area contributed by atoms with Crippen molar-refractivity contribution in [3.05, 3.63) is 33.1 Å². The molecule has 0 aliphatic carbocycles. The van der Waals surface area contributed by atoms with Gasteiger partial charge in [0.2, 0.25) is 0 Å². The second-order valence-electron chi connectivity index (χ2n) is 5.64. The van der Waals surface area contributed by atoms with Gasteiger partial charge in [0, 0.05) is 13.1 Å². The van der Waals surface area contributed by atoms with Crippen molar-refractivity contribution in [2.45, 2.75) is 27.3 Å². The molecule has 0 fully saturated rings. The molecule has 1 aromatic carbocycles. The lowest BCUT2D eigenvalue weighted by molar-refractivity contribution is 0.103. The fourth-order valence-electron chi connectivity index (χ4n) is 2.60. The van der Waals surface area contributed by atoms with Gasteiger partial charge >= 0.3 is 0 Å². The van der Waals surface area contributed by atoms with Crippen LogP contribution in [0.25, 0.3) is 0 Å². The molecule has 1 heterocycles. The summed E-state index contributed by atoms with van der Waals surface area (Å²) < 4.78 is 7.99. The molecule has 3 N–H and O–H groups in total. The summed E-state index contributed by atoms with van der Waals surface area (Å²) in [4.78, 5) is 15.4. The first-order valence-corrected chi connectivity index (χ1v) is 9.98. The van der Waals surface area contributed by atoms with Gasteiger partial charge < -0.3 is 25.3 Å². The predicted molar refractivity (Wildman–Crippen MR) is 111 cm³/mol. The first-order valence-electron chi connectivity index (χ1n) is 8.76. The minimum Gasteiger partial charge on any atom is -0.492 e. The number of rotatable bonds is 9. The van der Waals surface area contributed by atoms with E-state index in [0.29, 0.717) is 39.2 Å². The first-order chi connectivity index (χ1) is 12.5. The summed E-state index contributed by atoms with van der Waals surface area (Å²) >= 11 is 6.65. The fourth-order valence-corrected chi connectivity index (χ4v) is 3.87. The summed E-state index contributed by atoms with van der Waals surface area (Å²) in [5.41, 5.74) is 6.84. The molecule has 0 aliphatic rings. The lowest BCUT2D eigenvalue weighted by atomic mass is 10.3. The smallest absolute Gasteiger partial charge is 0.269 e. The molecule has 0 saturated carbocycles. The molecule has 8 heteroatoms. The molecule has 0 bridgehead atoms. The number of nitrogens with one attached hydrogen (secondary N) is 1. The van der Waals surface area contributed by atoms with Crippen molar-refractivity contribution in [2.24, 2.45) is 0 Å². The Morgan fingerprint density at radius 1 is 1.31 bits per heavy atom. The number of para-hydroxylation sites is 2. The Hall–Kier alpha value is -1.90. The monoisotopic (exact) mass is 394 g/mol. The van der Waals surface area contributed by atoms with Crippen molar-refractivity contribution >= 4 is 41.0 Å². The molecule has 0 aliphatic heterocycles. The van der Waals surface area contributed by atoms with E-state index in [-0.39, 0.29) is 5.91 Å². The molecule has 0 spiro atoms. The van der Waals surface area contributed by atoms with Gasteiger partial charge in [0.1, 0.15) is 16.4 Å². The van der Waals surface area contributed by atoms with E-state index in [1.807, 2.05) is 29.7 Å². The zero-order valence-corrected chi connectivity index (χ0v) is 17.1. The minimum atomic E-state index is -0.271. The number of thiazole rings is 1. The van der Waals surface area contributed by atoms with Gasteiger partial charge in [0.25, 0.3) is 5.91 Å². The van der Waals surface area contributed by atoms with Crippen LogP contribution in [0.1, 0.15) is 30.4 Å². The number of hydrogen-bond acceptors (Lipinski definition) is 6. The predicted octanol–water partition coefficient (Wildman–Crippen LogP) is 3.85. The first kappa shape index (κ1) is 20.4. The quantitative estimate of drug-likeness (QED) is 0.632. The molecule has 0 atom stereocenters. The lowest BCUT2D eigenvalue weighted by Gasteiger charge is -2.18. The second-order valence-corrected chi connectivity index (χ2v) is 7.29. The summed E-state index contributed by atoms with van der Waals surface area (Å²) in [6.45, 7) is 10.1. The van der Waals surface area contributed by atoms with Crippen molar-refractivity contribution < 1.29 is 9.53 Å². The third kappa shape index (κ3) is 4.84. The van der Waals surface area contributed by atoms with E-state index in [1.54, 1.807) is 6.07 Å². The van der Waals surface area contributed by atoms with Gasteiger partial charge in [-0.2, -0.15) is 0 Å².